The largest absolute Gasteiger partial charge is 0.480 e. The SMILES string of the molecule is NC(Cc1cn(CC(=O)N2CCCCCC2)nn1)C(=O)O. The van der Waals surface area contributed by atoms with E-state index >= 15 is 0 Å². The summed E-state index contributed by atoms with van der Waals surface area (Å²) in [6.07, 6.45) is 6.12. The molecule has 8 nitrogen and oxygen atoms in total. The van der Waals surface area contributed by atoms with Gasteiger partial charge >= 0.3 is 5.97 Å². The molecule has 1 aromatic heterocycles. The first-order valence-electron chi connectivity index (χ1n) is 7.21. The summed E-state index contributed by atoms with van der Waals surface area (Å²) >= 11 is 0. The summed E-state index contributed by atoms with van der Waals surface area (Å²) < 4.78 is 1.44. The van der Waals surface area contributed by atoms with Gasteiger partial charge in [-0.05, 0) is 12.8 Å². The Labute approximate surface area is 122 Å². The van der Waals surface area contributed by atoms with Crippen molar-refractivity contribution in [1.29, 1.82) is 0 Å². The van der Waals surface area contributed by atoms with Gasteiger partial charge in [0.1, 0.15) is 12.6 Å². The number of aliphatic carboxylic acids is 1. The molecule has 1 aromatic rings. The molecule has 1 fully saturated rings. The highest BCUT2D eigenvalue weighted by molar-refractivity contribution is 5.76. The van der Waals surface area contributed by atoms with Gasteiger partial charge in [-0.3, -0.25) is 9.59 Å². The summed E-state index contributed by atoms with van der Waals surface area (Å²) in [5.74, 6) is -1.05. The number of carboxylic acid groups (broad SMARTS) is 1. The molecule has 21 heavy (non-hydrogen) atoms. The number of nitrogens with zero attached hydrogens (tertiary/aromatic N) is 4. The Kier molecular flexibility index (Phi) is 5.26. The molecule has 0 aliphatic carbocycles. The minimum Gasteiger partial charge on any atom is -0.480 e. The number of likely N-dealkylation sites (tertiary alicyclic amines) is 1. The number of aromatic nitrogens is 3. The minimum atomic E-state index is -1.08. The molecule has 1 aliphatic heterocycles. The second-order valence-electron chi connectivity index (χ2n) is 5.35. The van der Waals surface area contributed by atoms with Crippen molar-refractivity contribution in [1.82, 2.24) is 19.9 Å². The average molecular weight is 295 g/mol. The monoisotopic (exact) mass is 295 g/mol. The highest BCUT2D eigenvalue weighted by atomic mass is 16.4. The first-order valence-corrected chi connectivity index (χ1v) is 7.21. The van der Waals surface area contributed by atoms with Crippen molar-refractivity contribution >= 4 is 11.9 Å². The zero-order chi connectivity index (χ0) is 15.2. The number of amides is 1. The smallest absolute Gasteiger partial charge is 0.320 e. The predicted octanol–water partition coefficient (Wildman–Crippen LogP) is -0.365. The number of carbonyl (C=O) groups excluding carboxylic acids is 1. The van der Waals surface area contributed by atoms with Crippen LogP contribution >= 0.6 is 0 Å². The second-order valence-corrected chi connectivity index (χ2v) is 5.35. The summed E-state index contributed by atoms with van der Waals surface area (Å²) in [5, 5.41) is 16.5. The molecular weight excluding hydrogens is 274 g/mol. The van der Waals surface area contributed by atoms with Gasteiger partial charge in [-0.15, -0.1) is 5.10 Å². The van der Waals surface area contributed by atoms with Crippen LogP contribution in [-0.4, -0.2) is 56.0 Å². The molecule has 1 amide bonds. The lowest BCUT2D eigenvalue weighted by Crippen LogP contribution is -2.34. The highest BCUT2D eigenvalue weighted by Gasteiger charge is 2.18. The minimum absolute atomic E-state index is 0.0240. The fourth-order valence-corrected chi connectivity index (χ4v) is 2.38. The zero-order valence-electron chi connectivity index (χ0n) is 11.9. The van der Waals surface area contributed by atoms with Gasteiger partial charge in [-0.25, -0.2) is 4.68 Å². The van der Waals surface area contributed by atoms with Crippen molar-refractivity contribution in [3.8, 4) is 0 Å². The third kappa shape index (κ3) is 4.52. The van der Waals surface area contributed by atoms with Crippen LogP contribution in [0.4, 0.5) is 0 Å². The lowest BCUT2D eigenvalue weighted by atomic mass is 10.2. The van der Waals surface area contributed by atoms with Gasteiger partial charge in [0.15, 0.2) is 0 Å². The van der Waals surface area contributed by atoms with Crippen molar-refractivity contribution in [2.24, 2.45) is 5.73 Å². The Bertz CT molecular complexity index is 494. The van der Waals surface area contributed by atoms with Crippen molar-refractivity contribution in [3.63, 3.8) is 0 Å². The molecule has 0 bridgehead atoms. The summed E-state index contributed by atoms with van der Waals surface area (Å²) in [7, 11) is 0. The number of rotatable bonds is 5. The standard InChI is InChI=1S/C13H21N5O3/c14-11(13(20)21)7-10-8-18(16-15-10)9-12(19)17-5-3-1-2-4-6-17/h8,11H,1-7,9,14H2,(H,20,21). The quantitative estimate of drug-likeness (QED) is 0.766. The molecule has 0 radical (unpaired) electrons. The maximum Gasteiger partial charge on any atom is 0.320 e. The third-order valence-electron chi connectivity index (χ3n) is 3.59. The molecule has 1 atom stereocenters. The van der Waals surface area contributed by atoms with E-state index in [1.54, 1.807) is 6.20 Å². The van der Waals surface area contributed by atoms with Crippen LogP contribution in [0.2, 0.25) is 0 Å². The van der Waals surface area contributed by atoms with Crippen LogP contribution in [0, 0.1) is 0 Å². The number of carboxylic acids is 1. The van der Waals surface area contributed by atoms with Crippen molar-refractivity contribution in [2.45, 2.75) is 44.7 Å². The molecule has 116 valence electrons. The number of hydrogen-bond donors (Lipinski definition) is 2. The van der Waals surface area contributed by atoms with Gasteiger partial charge in [0.25, 0.3) is 0 Å². The van der Waals surface area contributed by atoms with E-state index in [0.717, 1.165) is 25.9 Å². The molecule has 0 saturated carbocycles. The maximum absolute atomic E-state index is 12.2. The average Bonchev–Trinajstić information content (AvgIpc) is 2.72. The van der Waals surface area contributed by atoms with E-state index in [1.807, 2.05) is 4.90 Å². The molecular formula is C13H21N5O3. The molecule has 1 saturated heterocycles. The normalized spacial score (nSPS) is 17.3. The molecule has 2 heterocycles. The molecule has 0 aromatic carbocycles. The van der Waals surface area contributed by atoms with Gasteiger partial charge in [0.2, 0.25) is 5.91 Å². The summed E-state index contributed by atoms with van der Waals surface area (Å²) in [5.41, 5.74) is 5.92. The van der Waals surface area contributed by atoms with Gasteiger partial charge in [0, 0.05) is 25.7 Å². The van der Waals surface area contributed by atoms with Crippen molar-refractivity contribution < 1.29 is 14.7 Å². The predicted molar refractivity (Wildman–Crippen MR) is 74.4 cm³/mol. The lowest BCUT2D eigenvalue weighted by Gasteiger charge is -2.19. The second kappa shape index (κ2) is 7.16. The molecule has 2 rings (SSSR count). The van der Waals surface area contributed by atoms with Gasteiger partial charge in [-0.2, -0.15) is 0 Å². The molecule has 0 spiro atoms. The Morgan fingerprint density at radius 3 is 2.57 bits per heavy atom. The number of carbonyl (C=O) groups is 2. The van der Waals surface area contributed by atoms with Gasteiger partial charge in [0.05, 0.1) is 5.69 Å². The van der Waals surface area contributed by atoms with Crippen LogP contribution in [0.25, 0.3) is 0 Å². The first kappa shape index (κ1) is 15.4. The molecule has 3 N–H and O–H groups in total. The number of hydrogen-bond acceptors (Lipinski definition) is 5. The Morgan fingerprint density at radius 2 is 1.95 bits per heavy atom. The van der Waals surface area contributed by atoms with Crippen LogP contribution in [-0.2, 0) is 22.6 Å². The number of nitrogens with two attached hydrogens (primary N) is 1. The van der Waals surface area contributed by atoms with Crippen LogP contribution < -0.4 is 5.73 Å². The first-order chi connectivity index (χ1) is 10.1. The van der Waals surface area contributed by atoms with E-state index < -0.39 is 12.0 Å². The van der Waals surface area contributed by atoms with Crippen LogP contribution in [0.5, 0.6) is 0 Å². The van der Waals surface area contributed by atoms with Crippen LogP contribution in [0.15, 0.2) is 6.20 Å². The lowest BCUT2D eigenvalue weighted by molar-refractivity contribution is -0.138. The zero-order valence-corrected chi connectivity index (χ0v) is 11.9. The summed E-state index contributed by atoms with van der Waals surface area (Å²) in [4.78, 5) is 24.7. The Morgan fingerprint density at radius 1 is 1.29 bits per heavy atom. The van der Waals surface area contributed by atoms with Gasteiger partial charge in [-0.1, -0.05) is 18.1 Å². The third-order valence-corrected chi connectivity index (χ3v) is 3.59. The maximum atomic E-state index is 12.2. The van der Waals surface area contributed by atoms with Crippen molar-refractivity contribution in [3.05, 3.63) is 11.9 Å². The molecule has 1 aliphatic rings. The fraction of sp³-hybridized carbons (Fsp3) is 0.692. The Balaban J connectivity index is 1.89. The van der Waals surface area contributed by atoms with E-state index in [9.17, 15) is 9.59 Å². The Hall–Kier alpha value is -1.96. The topological polar surface area (TPSA) is 114 Å². The van der Waals surface area contributed by atoms with E-state index in [2.05, 4.69) is 10.3 Å². The van der Waals surface area contributed by atoms with E-state index in [4.69, 9.17) is 10.8 Å². The van der Waals surface area contributed by atoms with Crippen LogP contribution in [0.1, 0.15) is 31.4 Å². The van der Waals surface area contributed by atoms with E-state index in [1.165, 1.54) is 17.5 Å². The molecule has 1 unspecified atom stereocenters. The van der Waals surface area contributed by atoms with E-state index in [-0.39, 0.29) is 18.9 Å². The summed E-state index contributed by atoms with van der Waals surface area (Å²) in [6.45, 7) is 1.73. The van der Waals surface area contributed by atoms with Gasteiger partial charge < -0.3 is 15.7 Å². The van der Waals surface area contributed by atoms with Crippen LogP contribution in [0.3, 0.4) is 0 Å². The fourth-order valence-electron chi connectivity index (χ4n) is 2.38. The van der Waals surface area contributed by atoms with E-state index in [0.29, 0.717) is 5.69 Å². The summed E-state index contributed by atoms with van der Waals surface area (Å²) in [6, 6.07) is -1.00. The van der Waals surface area contributed by atoms with Crippen molar-refractivity contribution in [2.75, 3.05) is 13.1 Å². The molecule has 8 heteroatoms. The highest BCUT2D eigenvalue weighted by Crippen LogP contribution is 2.10.